The molecule has 144 valence electrons. The number of amides is 2. The lowest BCUT2D eigenvalue weighted by Gasteiger charge is -2.13. The zero-order valence-electron chi connectivity index (χ0n) is 14.2. The topological polar surface area (TPSA) is 99.9 Å². The maximum atomic E-state index is 12.5. The van der Waals surface area contributed by atoms with Crippen molar-refractivity contribution in [1.82, 2.24) is 10.2 Å². The van der Waals surface area contributed by atoms with Gasteiger partial charge in [0.05, 0.1) is 9.93 Å². The summed E-state index contributed by atoms with van der Waals surface area (Å²) in [6.45, 7) is -0.876. The summed E-state index contributed by atoms with van der Waals surface area (Å²) in [7, 11) is 0. The first-order chi connectivity index (χ1) is 13.3. The van der Waals surface area contributed by atoms with Gasteiger partial charge in [0.25, 0.3) is 5.91 Å². The van der Waals surface area contributed by atoms with Crippen molar-refractivity contribution in [3.05, 3.63) is 52.1 Å². The van der Waals surface area contributed by atoms with Gasteiger partial charge >= 0.3 is 5.97 Å². The fourth-order valence-corrected chi connectivity index (χ4v) is 3.84. The Labute approximate surface area is 174 Å². The number of carbonyl (C=O) groups excluding carboxylic acids is 2. The molecule has 1 aliphatic heterocycles. The first-order valence-corrected chi connectivity index (χ1v) is 9.54. The monoisotopic (exact) mass is 436 g/mol. The van der Waals surface area contributed by atoms with Gasteiger partial charge in [-0.3, -0.25) is 19.3 Å². The summed E-state index contributed by atoms with van der Waals surface area (Å²) in [4.78, 5) is 36.2. The largest absolute Gasteiger partial charge is 0.480 e. The Balaban J connectivity index is 1.73. The van der Waals surface area contributed by atoms with Crippen molar-refractivity contribution < 1.29 is 23.9 Å². The van der Waals surface area contributed by atoms with Gasteiger partial charge in [-0.25, -0.2) is 0 Å². The van der Waals surface area contributed by atoms with Crippen molar-refractivity contribution in [2.45, 2.75) is 0 Å². The van der Waals surface area contributed by atoms with Gasteiger partial charge in [0.15, 0.2) is 0 Å². The first kappa shape index (κ1) is 20.1. The van der Waals surface area contributed by atoms with E-state index < -0.39 is 24.3 Å². The lowest BCUT2D eigenvalue weighted by Crippen LogP contribution is -2.41. The number of thiocarbonyl (C=S) groups is 1. The SMILES string of the molecule is O=C(O)CNC(=O)CN1C(=O)/C(=C/c2ccc(-c3ccccc3Cl)o2)SC1=S. The summed E-state index contributed by atoms with van der Waals surface area (Å²) >= 11 is 12.3. The molecule has 0 aliphatic carbocycles. The van der Waals surface area contributed by atoms with Crippen LogP contribution in [0.1, 0.15) is 5.76 Å². The summed E-state index contributed by atoms with van der Waals surface area (Å²) < 4.78 is 5.95. The molecule has 0 spiro atoms. The molecule has 1 aromatic heterocycles. The second kappa shape index (κ2) is 8.59. The fourth-order valence-electron chi connectivity index (χ4n) is 2.38. The zero-order chi connectivity index (χ0) is 20.3. The molecule has 1 aliphatic rings. The molecule has 10 heteroatoms. The van der Waals surface area contributed by atoms with Gasteiger partial charge in [0, 0.05) is 11.6 Å². The van der Waals surface area contributed by atoms with E-state index in [1.165, 1.54) is 6.08 Å². The number of hydrogen-bond acceptors (Lipinski definition) is 6. The number of hydrogen-bond donors (Lipinski definition) is 2. The zero-order valence-corrected chi connectivity index (χ0v) is 16.6. The number of benzene rings is 1. The van der Waals surface area contributed by atoms with E-state index in [2.05, 4.69) is 5.32 Å². The van der Waals surface area contributed by atoms with Crippen LogP contribution in [0.25, 0.3) is 17.4 Å². The molecule has 0 atom stereocenters. The average Bonchev–Trinajstić information content (AvgIpc) is 3.21. The number of rotatable bonds is 6. The van der Waals surface area contributed by atoms with Crippen LogP contribution in [0.3, 0.4) is 0 Å². The van der Waals surface area contributed by atoms with E-state index in [4.69, 9.17) is 33.3 Å². The highest BCUT2D eigenvalue weighted by molar-refractivity contribution is 8.26. The number of carboxylic acid groups (broad SMARTS) is 1. The molecule has 0 saturated carbocycles. The Hall–Kier alpha value is -2.62. The predicted octanol–water partition coefficient (Wildman–Crippen LogP) is 3.00. The molecule has 2 amide bonds. The van der Waals surface area contributed by atoms with E-state index in [1.54, 1.807) is 18.2 Å². The van der Waals surface area contributed by atoms with E-state index in [0.29, 0.717) is 21.4 Å². The number of carbonyl (C=O) groups is 3. The lowest BCUT2D eigenvalue weighted by atomic mass is 10.2. The van der Waals surface area contributed by atoms with Gasteiger partial charge < -0.3 is 14.8 Å². The summed E-state index contributed by atoms with van der Waals surface area (Å²) in [5.74, 6) is -1.24. The number of nitrogens with zero attached hydrogens (tertiary/aromatic N) is 1. The highest BCUT2D eigenvalue weighted by Gasteiger charge is 2.33. The van der Waals surface area contributed by atoms with Crippen LogP contribution < -0.4 is 5.32 Å². The number of furan rings is 1. The molecule has 1 aromatic carbocycles. The second-order valence-electron chi connectivity index (χ2n) is 5.62. The van der Waals surface area contributed by atoms with Crippen LogP contribution in [0, 0.1) is 0 Å². The van der Waals surface area contributed by atoms with Crippen LogP contribution in [0.2, 0.25) is 5.02 Å². The maximum absolute atomic E-state index is 12.5. The molecule has 2 aromatic rings. The Bertz CT molecular complexity index is 1000. The van der Waals surface area contributed by atoms with E-state index in [1.807, 2.05) is 18.2 Å². The third-order valence-corrected chi connectivity index (χ3v) is 5.36. The Kier molecular flexibility index (Phi) is 6.18. The molecule has 0 unspecified atom stereocenters. The Morgan fingerprint density at radius 1 is 1.29 bits per heavy atom. The van der Waals surface area contributed by atoms with Gasteiger partial charge in [-0.1, -0.05) is 47.7 Å². The average molecular weight is 437 g/mol. The molecule has 1 saturated heterocycles. The molecular weight excluding hydrogens is 424 g/mol. The van der Waals surface area contributed by atoms with Crippen molar-refractivity contribution in [3.8, 4) is 11.3 Å². The third-order valence-electron chi connectivity index (χ3n) is 3.65. The molecule has 28 heavy (non-hydrogen) atoms. The Morgan fingerprint density at radius 3 is 2.75 bits per heavy atom. The van der Waals surface area contributed by atoms with Crippen LogP contribution >= 0.6 is 35.6 Å². The Morgan fingerprint density at radius 2 is 2.04 bits per heavy atom. The van der Waals surface area contributed by atoms with Crippen LogP contribution in [0.5, 0.6) is 0 Å². The number of thioether (sulfide) groups is 1. The van der Waals surface area contributed by atoms with Crippen LogP contribution in [-0.2, 0) is 14.4 Å². The number of nitrogens with one attached hydrogen (secondary N) is 1. The first-order valence-electron chi connectivity index (χ1n) is 7.94. The van der Waals surface area contributed by atoms with Gasteiger partial charge in [-0.05, 0) is 24.3 Å². The van der Waals surface area contributed by atoms with Crippen LogP contribution in [0.4, 0.5) is 0 Å². The summed E-state index contributed by atoms with van der Waals surface area (Å²) in [6.07, 6.45) is 1.54. The number of aliphatic carboxylic acids is 1. The highest BCUT2D eigenvalue weighted by atomic mass is 35.5. The number of carboxylic acids is 1. The van der Waals surface area contributed by atoms with E-state index >= 15 is 0 Å². The molecule has 0 bridgehead atoms. The van der Waals surface area contributed by atoms with E-state index in [9.17, 15) is 14.4 Å². The van der Waals surface area contributed by atoms with E-state index in [-0.39, 0.29) is 10.9 Å². The smallest absolute Gasteiger partial charge is 0.322 e. The highest BCUT2D eigenvalue weighted by Crippen LogP contribution is 2.34. The van der Waals surface area contributed by atoms with Crippen molar-refractivity contribution in [1.29, 1.82) is 0 Å². The minimum Gasteiger partial charge on any atom is -0.480 e. The molecule has 3 rings (SSSR count). The van der Waals surface area contributed by atoms with Crippen molar-refractivity contribution in [2.24, 2.45) is 0 Å². The lowest BCUT2D eigenvalue weighted by molar-refractivity contribution is -0.138. The van der Waals surface area contributed by atoms with Gasteiger partial charge in [-0.15, -0.1) is 0 Å². The third kappa shape index (κ3) is 4.61. The minimum atomic E-state index is -1.18. The molecule has 2 N–H and O–H groups in total. The molecule has 2 heterocycles. The molecule has 0 radical (unpaired) electrons. The second-order valence-corrected chi connectivity index (χ2v) is 7.70. The summed E-state index contributed by atoms with van der Waals surface area (Å²) in [5, 5.41) is 11.3. The van der Waals surface area contributed by atoms with Crippen molar-refractivity contribution in [2.75, 3.05) is 13.1 Å². The maximum Gasteiger partial charge on any atom is 0.322 e. The van der Waals surface area contributed by atoms with Crippen molar-refractivity contribution >= 4 is 63.8 Å². The van der Waals surface area contributed by atoms with E-state index in [0.717, 1.165) is 22.2 Å². The summed E-state index contributed by atoms with van der Waals surface area (Å²) in [6, 6.07) is 10.7. The quantitative estimate of drug-likeness (QED) is 0.530. The standard InChI is InChI=1S/C18H13ClN2O5S2/c19-12-4-2-1-3-11(12)13-6-5-10(26-13)7-14-17(25)21(18(27)28-14)9-15(22)20-8-16(23)24/h1-7H,8-9H2,(H,20,22)(H,23,24)/b14-7-. The van der Waals surface area contributed by atoms with Gasteiger partial charge in [0.1, 0.15) is 28.9 Å². The van der Waals surface area contributed by atoms with Gasteiger partial charge in [-0.2, -0.15) is 0 Å². The summed E-state index contributed by atoms with van der Waals surface area (Å²) in [5.41, 5.74) is 0.728. The van der Waals surface area contributed by atoms with Crippen molar-refractivity contribution in [3.63, 3.8) is 0 Å². The van der Waals surface area contributed by atoms with Crippen LogP contribution in [0.15, 0.2) is 45.7 Å². The molecule has 7 nitrogen and oxygen atoms in total. The fraction of sp³-hybridized carbons (Fsp3) is 0.111. The normalized spacial score (nSPS) is 15.3. The minimum absolute atomic E-state index is 0.208. The van der Waals surface area contributed by atoms with Crippen LogP contribution in [-0.4, -0.2) is 45.2 Å². The molecule has 1 fully saturated rings. The molecular formula is C18H13ClN2O5S2. The number of halogens is 1. The van der Waals surface area contributed by atoms with Gasteiger partial charge in [0.2, 0.25) is 5.91 Å². The predicted molar refractivity (Wildman–Crippen MR) is 110 cm³/mol.